The molecule has 9 aromatic rings. The lowest BCUT2D eigenvalue weighted by molar-refractivity contribution is 0.669. The van der Waals surface area contributed by atoms with Gasteiger partial charge in [-0.2, -0.15) is 0 Å². The van der Waals surface area contributed by atoms with Crippen LogP contribution < -0.4 is 0 Å². The average Bonchev–Trinajstić information content (AvgIpc) is 3.72. The third-order valence-corrected chi connectivity index (χ3v) is 6.96. The Kier molecular flexibility index (Phi) is 2.19. The van der Waals surface area contributed by atoms with Gasteiger partial charge in [0.05, 0.1) is 34.3 Å². The standard InChI is InChI=1S/C42H26O/c1-2-10-27(11-3-1)28-18-20-29(21-19-28)41-33-14-6-8-16-35(33)42(36-17-9-7-15-34(36)41)32-22-23-39-37(25-32)38-24-30-12-4-5-13-31(30)26-40(38)43-39/h1-26H/i1D,2D,3D,4D,5D,6D,7D,8D,9D,10D,11D,12D,13D,14D,16D,17D,18D,19D,20D,21D,22D,23D,24D,25D,26D. The predicted octanol–water partition coefficient (Wildman–Crippen LogP) is 12.0. The summed E-state index contributed by atoms with van der Waals surface area (Å²) in [6.07, 6.45) is 0. The lowest BCUT2D eigenvalue weighted by Gasteiger charge is -2.18. The molecule has 0 atom stereocenters. The van der Waals surface area contributed by atoms with Gasteiger partial charge in [0.2, 0.25) is 0 Å². The molecule has 0 saturated heterocycles. The Labute approximate surface area is 284 Å². The molecule has 0 saturated carbocycles. The van der Waals surface area contributed by atoms with Crippen molar-refractivity contribution in [3.63, 3.8) is 0 Å². The van der Waals surface area contributed by atoms with Gasteiger partial charge in [-0.25, -0.2) is 0 Å². The van der Waals surface area contributed by atoms with Crippen LogP contribution in [0.5, 0.6) is 0 Å². The minimum Gasteiger partial charge on any atom is -0.456 e. The summed E-state index contributed by atoms with van der Waals surface area (Å²) in [5.41, 5.74) is -4.98. The molecule has 8 aromatic carbocycles. The Morgan fingerprint density at radius 1 is 0.349 bits per heavy atom. The molecule has 9 rings (SSSR count). The van der Waals surface area contributed by atoms with E-state index in [0.29, 0.717) is 0 Å². The minimum atomic E-state index is -0.968. The quantitative estimate of drug-likeness (QED) is 0.192. The molecule has 0 unspecified atom stereocenters. The van der Waals surface area contributed by atoms with Crippen molar-refractivity contribution in [3.05, 3.63) is 157 Å². The lowest BCUT2D eigenvalue weighted by atomic mass is 9.85. The summed E-state index contributed by atoms with van der Waals surface area (Å²) < 4.78 is 228. The zero-order valence-corrected chi connectivity index (χ0v) is 21.5. The van der Waals surface area contributed by atoms with Crippen molar-refractivity contribution in [1.29, 1.82) is 0 Å². The van der Waals surface area contributed by atoms with Crippen LogP contribution in [0.4, 0.5) is 0 Å². The first-order valence-electron chi connectivity index (χ1n) is 25.2. The smallest absolute Gasteiger partial charge is 0.136 e. The first-order chi connectivity index (χ1) is 31.7. The highest BCUT2D eigenvalue weighted by atomic mass is 16.3. The van der Waals surface area contributed by atoms with E-state index >= 15 is 0 Å². The number of furan rings is 1. The van der Waals surface area contributed by atoms with Crippen molar-refractivity contribution in [2.45, 2.75) is 0 Å². The summed E-state index contributed by atoms with van der Waals surface area (Å²) in [6.45, 7) is 0. The molecule has 200 valence electrons. The van der Waals surface area contributed by atoms with Gasteiger partial charge < -0.3 is 4.42 Å². The topological polar surface area (TPSA) is 13.1 Å². The lowest BCUT2D eigenvalue weighted by Crippen LogP contribution is -1.91. The molecular formula is C42H26O. The summed E-state index contributed by atoms with van der Waals surface area (Å²) in [4.78, 5) is 0. The Hall–Kier alpha value is -5.66. The normalized spacial score (nSPS) is 19.9. The second kappa shape index (κ2) is 9.44. The van der Waals surface area contributed by atoms with Crippen LogP contribution in [0.1, 0.15) is 34.3 Å². The third kappa shape index (κ3) is 3.79. The summed E-state index contributed by atoms with van der Waals surface area (Å²) >= 11 is 0. The Morgan fingerprint density at radius 2 is 0.884 bits per heavy atom. The molecule has 0 N–H and O–H groups in total. The third-order valence-electron chi connectivity index (χ3n) is 6.96. The van der Waals surface area contributed by atoms with Crippen LogP contribution >= 0.6 is 0 Å². The van der Waals surface area contributed by atoms with Crippen LogP contribution in [0, 0.1) is 0 Å². The average molecular weight is 572 g/mol. The molecule has 0 aliphatic rings. The molecule has 1 heteroatoms. The molecule has 0 spiro atoms. The number of rotatable bonds is 3. The monoisotopic (exact) mass is 571 g/mol. The molecule has 0 aliphatic heterocycles. The number of fused-ring (bicyclic) bond motifs is 6. The van der Waals surface area contributed by atoms with Crippen molar-refractivity contribution in [1.82, 2.24) is 0 Å². The molecule has 0 bridgehead atoms. The Morgan fingerprint density at radius 3 is 1.65 bits per heavy atom. The van der Waals surface area contributed by atoms with E-state index in [1.165, 1.54) is 0 Å². The maximum Gasteiger partial charge on any atom is 0.136 e. The first kappa shape index (κ1) is 9.97. The molecule has 1 aromatic heterocycles. The van der Waals surface area contributed by atoms with E-state index in [1.807, 2.05) is 0 Å². The van der Waals surface area contributed by atoms with Crippen molar-refractivity contribution in [2.24, 2.45) is 0 Å². The van der Waals surface area contributed by atoms with E-state index in [0.717, 1.165) is 6.07 Å². The largest absolute Gasteiger partial charge is 0.456 e. The van der Waals surface area contributed by atoms with Gasteiger partial charge in [-0.1, -0.05) is 133 Å². The first-order valence-corrected chi connectivity index (χ1v) is 12.7. The Bertz CT molecular complexity index is 3850. The van der Waals surface area contributed by atoms with E-state index in [1.54, 1.807) is 0 Å². The van der Waals surface area contributed by atoms with Crippen molar-refractivity contribution in [2.75, 3.05) is 0 Å². The van der Waals surface area contributed by atoms with Crippen LogP contribution in [0.25, 0.3) is 87.6 Å². The van der Waals surface area contributed by atoms with Crippen molar-refractivity contribution in [3.8, 4) is 33.4 Å². The van der Waals surface area contributed by atoms with Gasteiger partial charge in [0.25, 0.3) is 0 Å². The highest BCUT2D eigenvalue weighted by Gasteiger charge is 2.18. The van der Waals surface area contributed by atoms with E-state index < -0.39 is 239 Å². The zero-order chi connectivity index (χ0) is 50.1. The van der Waals surface area contributed by atoms with Crippen LogP contribution in [0.3, 0.4) is 0 Å². The van der Waals surface area contributed by atoms with E-state index in [-0.39, 0.29) is 0 Å². The molecule has 1 nitrogen and oxygen atoms in total. The SMILES string of the molecule is [2H]c1cc2c(-c3c([2H])c([2H])c(-c4c([2H])c([2H])c([2H])c([2H])c4[2H])c([2H])c3[2H])c3c([2H])c([2H])c([2H])c([2H])c3c(-c3c([2H])c([2H])c4oc5c([2H])c6c([2H])c([2H])c([2H])c([2H])c6c([2H])c5c4c3[2H])c2c([2H])c1[2H]. The van der Waals surface area contributed by atoms with E-state index in [2.05, 4.69) is 0 Å². The maximum atomic E-state index is 9.75. The molecule has 0 fully saturated rings. The van der Waals surface area contributed by atoms with Crippen LogP contribution in [-0.2, 0) is 0 Å². The van der Waals surface area contributed by atoms with Gasteiger partial charge in [0, 0.05) is 10.8 Å². The summed E-state index contributed by atoms with van der Waals surface area (Å²) in [6, 6.07) is -19.8. The van der Waals surface area contributed by atoms with Crippen molar-refractivity contribution < 1.29 is 38.7 Å². The van der Waals surface area contributed by atoms with Gasteiger partial charge in [-0.05, 0) is 89.9 Å². The predicted molar refractivity (Wildman–Crippen MR) is 183 cm³/mol. The molecule has 0 amide bonds. The molecular weight excluding hydrogens is 520 g/mol. The van der Waals surface area contributed by atoms with Gasteiger partial charge in [-0.3, -0.25) is 0 Å². The fourth-order valence-corrected chi connectivity index (χ4v) is 5.12. The second-order valence-corrected chi connectivity index (χ2v) is 9.34. The summed E-state index contributed by atoms with van der Waals surface area (Å²) in [7, 11) is 0. The number of benzene rings is 8. The highest BCUT2D eigenvalue weighted by Crippen LogP contribution is 2.45. The second-order valence-electron chi connectivity index (χ2n) is 9.34. The summed E-state index contributed by atoms with van der Waals surface area (Å²) in [5.74, 6) is 0. The highest BCUT2D eigenvalue weighted by molar-refractivity contribution is 6.22. The fourth-order valence-electron chi connectivity index (χ4n) is 5.12. The Balaban J connectivity index is 1.54. The molecule has 43 heavy (non-hydrogen) atoms. The minimum absolute atomic E-state index is 0.405. The van der Waals surface area contributed by atoms with Gasteiger partial charge >= 0.3 is 0 Å². The van der Waals surface area contributed by atoms with E-state index in [9.17, 15) is 12.3 Å². The zero-order valence-electron chi connectivity index (χ0n) is 46.5. The number of hydrogen-bond donors (Lipinski definition) is 0. The maximum absolute atomic E-state index is 9.75. The van der Waals surface area contributed by atoms with Crippen LogP contribution in [0.15, 0.2) is 162 Å². The number of hydrogen-bond acceptors (Lipinski definition) is 1. The van der Waals surface area contributed by atoms with Gasteiger partial charge in [-0.15, -0.1) is 0 Å². The van der Waals surface area contributed by atoms with E-state index in [4.69, 9.17) is 26.3 Å². The summed E-state index contributed by atoms with van der Waals surface area (Å²) in [5, 5.41) is -3.92. The van der Waals surface area contributed by atoms with Crippen LogP contribution in [-0.4, -0.2) is 0 Å². The molecule has 0 radical (unpaired) electrons. The van der Waals surface area contributed by atoms with Crippen LogP contribution in [0.2, 0.25) is 0 Å². The molecule has 0 aliphatic carbocycles. The fraction of sp³-hybridized carbons (Fsp3) is 0. The van der Waals surface area contributed by atoms with Gasteiger partial charge in [0.15, 0.2) is 0 Å². The van der Waals surface area contributed by atoms with Gasteiger partial charge in [0.1, 0.15) is 11.2 Å². The molecule has 1 heterocycles. The van der Waals surface area contributed by atoms with Crippen molar-refractivity contribution >= 4 is 54.3 Å².